The molecular formula is C32H28ClN3O3. The number of hydrogen-bond donors (Lipinski definition) is 1. The van der Waals surface area contributed by atoms with Crippen LogP contribution >= 0.6 is 11.6 Å². The van der Waals surface area contributed by atoms with Crippen molar-refractivity contribution in [3.05, 3.63) is 101 Å². The fraction of sp³-hybridized carbons (Fsp3) is 0.219. The summed E-state index contributed by atoms with van der Waals surface area (Å²) in [6.07, 6.45) is 9.41. The third-order valence-electron chi connectivity index (χ3n) is 7.42. The molecule has 39 heavy (non-hydrogen) atoms. The second kappa shape index (κ2) is 10.9. The molecular weight excluding hydrogens is 510 g/mol. The fourth-order valence-electron chi connectivity index (χ4n) is 5.49. The van der Waals surface area contributed by atoms with E-state index in [4.69, 9.17) is 21.3 Å². The van der Waals surface area contributed by atoms with Gasteiger partial charge >= 0.3 is 5.97 Å². The van der Waals surface area contributed by atoms with Crippen LogP contribution < -0.4 is 4.74 Å². The van der Waals surface area contributed by atoms with Gasteiger partial charge in [-0.25, -0.2) is 9.78 Å². The van der Waals surface area contributed by atoms with Crippen LogP contribution in [0.25, 0.3) is 33.5 Å². The van der Waals surface area contributed by atoms with Crippen molar-refractivity contribution in [3.63, 3.8) is 0 Å². The van der Waals surface area contributed by atoms with Gasteiger partial charge in [0.15, 0.2) is 0 Å². The lowest BCUT2D eigenvalue weighted by atomic mass is 9.95. The average Bonchev–Trinajstić information content (AvgIpc) is 3.36. The number of benzene rings is 3. The van der Waals surface area contributed by atoms with Gasteiger partial charge in [-0.15, -0.1) is 0 Å². The molecule has 6 rings (SSSR count). The molecule has 6 nitrogen and oxygen atoms in total. The van der Waals surface area contributed by atoms with E-state index < -0.39 is 5.97 Å². The highest BCUT2D eigenvalue weighted by Crippen LogP contribution is 2.37. The Labute approximate surface area is 231 Å². The Balaban J connectivity index is 1.29. The molecule has 5 aromatic rings. The molecule has 1 saturated carbocycles. The van der Waals surface area contributed by atoms with Crippen LogP contribution in [0.3, 0.4) is 0 Å². The maximum atomic E-state index is 11.6. The van der Waals surface area contributed by atoms with Crippen LogP contribution in [-0.2, 0) is 6.61 Å². The molecule has 0 aliphatic heterocycles. The molecule has 1 aliphatic rings. The van der Waals surface area contributed by atoms with Gasteiger partial charge in [0, 0.05) is 34.6 Å². The summed E-state index contributed by atoms with van der Waals surface area (Å²) in [5.41, 5.74) is 5.93. The molecule has 2 heterocycles. The van der Waals surface area contributed by atoms with E-state index in [1.54, 1.807) is 18.3 Å². The Hall–Kier alpha value is -4.16. The maximum Gasteiger partial charge on any atom is 0.335 e. The van der Waals surface area contributed by atoms with E-state index in [2.05, 4.69) is 9.55 Å². The number of pyridine rings is 1. The van der Waals surface area contributed by atoms with Crippen LogP contribution in [0.5, 0.6) is 5.75 Å². The van der Waals surface area contributed by atoms with Gasteiger partial charge in [-0.05, 0) is 84.6 Å². The Kier molecular flexibility index (Phi) is 7.03. The monoisotopic (exact) mass is 537 g/mol. The first kappa shape index (κ1) is 25.1. The number of ether oxygens (including phenoxy) is 1. The van der Waals surface area contributed by atoms with E-state index in [0.29, 0.717) is 23.2 Å². The number of imidazole rings is 1. The molecule has 3 aromatic carbocycles. The molecule has 0 bridgehead atoms. The molecule has 196 valence electrons. The smallest absolute Gasteiger partial charge is 0.335 e. The normalized spacial score (nSPS) is 14.0. The fourth-order valence-corrected chi connectivity index (χ4v) is 5.69. The van der Waals surface area contributed by atoms with Crippen molar-refractivity contribution < 1.29 is 14.6 Å². The Morgan fingerprint density at radius 3 is 2.54 bits per heavy atom. The van der Waals surface area contributed by atoms with Crippen LogP contribution in [0.2, 0.25) is 5.02 Å². The summed E-state index contributed by atoms with van der Waals surface area (Å²) >= 11 is 6.30. The van der Waals surface area contributed by atoms with Gasteiger partial charge in [0.25, 0.3) is 0 Å². The molecule has 1 aliphatic carbocycles. The lowest BCUT2D eigenvalue weighted by Crippen LogP contribution is -2.14. The zero-order valence-electron chi connectivity index (χ0n) is 21.4. The van der Waals surface area contributed by atoms with Crippen molar-refractivity contribution in [2.45, 2.75) is 44.8 Å². The summed E-state index contributed by atoms with van der Waals surface area (Å²) in [4.78, 5) is 20.7. The number of rotatable bonds is 7. The summed E-state index contributed by atoms with van der Waals surface area (Å²) in [5.74, 6) is 0.655. The number of aromatic nitrogens is 3. The van der Waals surface area contributed by atoms with E-state index >= 15 is 0 Å². The molecule has 7 heteroatoms. The third kappa shape index (κ3) is 5.25. The number of nitrogens with zero attached hydrogens (tertiary/aromatic N) is 3. The van der Waals surface area contributed by atoms with E-state index in [1.807, 2.05) is 66.9 Å². The third-order valence-corrected chi connectivity index (χ3v) is 7.66. The number of carboxylic acid groups (broad SMARTS) is 1. The van der Waals surface area contributed by atoms with E-state index in [-0.39, 0.29) is 5.56 Å². The Bertz CT molecular complexity index is 1620. The predicted octanol–water partition coefficient (Wildman–Crippen LogP) is 8.20. The van der Waals surface area contributed by atoms with Gasteiger partial charge in [0.1, 0.15) is 18.2 Å². The first-order valence-electron chi connectivity index (χ1n) is 13.2. The second-order valence-corrected chi connectivity index (χ2v) is 10.4. The molecule has 0 amide bonds. The first-order chi connectivity index (χ1) is 19.1. The number of halogens is 1. The zero-order valence-corrected chi connectivity index (χ0v) is 22.1. The van der Waals surface area contributed by atoms with Gasteiger partial charge in [-0.3, -0.25) is 4.98 Å². The minimum Gasteiger partial charge on any atom is -0.489 e. The zero-order chi connectivity index (χ0) is 26.8. The Morgan fingerprint density at radius 2 is 1.79 bits per heavy atom. The van der Waals surface area contributed by atoms with Gasteiger partial charge in [-0.2, -0.15) is 0 Å². The minimum absolute atomic E-state index is 0.248. The SMILES string of the molecule is O=C(O)c1ccc2c(c1)nc(-c1ccc(OCc3cc(Cl)ccc3-c3cccnc3)cc1)n2C1CCCCC1. The largest absolute Gasteiger partial charge is 0.489 e. The maximum absolute atomic E-state index is 11.6. The molecule has 1 N–H and O–H groups in total. The molecule has 0 unspecified atom stereocenters. The van der Waals surface area contributed by atoms with Crippen LogP contribution in [0.1, 0.15) is 54.1 Å². The molecule has 0 spiro atoms. The van der Waals surface area contributed by atoms with Crippen molar-refractivity contribution in [2.24, 2.45) is 0 Å². The second-order valence-electron chi connectivity index (χ2n) is 9.96. The topological polar surface area (TPSA) is 77.2 Å². The van der Waals surface area contributed by atoms with Crippen LogP contribution in [-0.4, -0.2) is 25.6 Å². The summed E-state index contributed by atoms with van der Waals surface area (Å²) in [5, 5.41) is 10.1. The highest BCUT2D eigenvalue weighted by atomic mass is 35.5. The first-order valence-corrected chi connectivity index (χ1v) is 13.6. The van der Waals surface area contributed by atoms with Crippen LogP contribution in [0.15, 0.2) is 85.2 Å². The Morgan fingerprint density at radius 1 is 0.974 bits per heavy atom. The number of fused-ring (bicyclic) bond motifs is 1. The number of carboxylic acids is 1. The lowest BCUT2D eigenvalue weighted by molar-refractivity contribution is 0.0697. The average molecular weight is 538 g/mol. The predicted molar refractivity (Wildman–Crippen MR) is 153 cm³/mol. The number of hydrogen-bond acceptors (Lipinski definition) is 4. The molecule has 0 radical (unpaired) electrons. The van der Waals surface area contributed by atoms with Crippen molar-refractivity contribution in [2.75, 3.05) is 0 Å². The molecule has 1 fully saturated rings. The van der Waals surface area contributed by atoms with E-state index in [9.17, 15) is 9.90 Å². The summed E-state index contributed by atoms with van der Waals surface area (Å²) in [7, 11) is 0. The summed E-state index contributed by atoms with van der Waals surface area (Å²) in [6.45, 7) is 0.364. The van der Waals surface area contributed by atoms with E-state index in [1.165, 1.54) is 19.3 Å². The summed E-state index contributed by atoms with van der Waals surface area (Å²) in [6, 6.07) is 23.3. The summed E-state index contributed by atoms with van der Waals surface area (Å²) < 4.78 is 8.48. The van der Waals surface area contributed by atoms with Crippen molar-refractivity contribution in [1.29, 1.82) is 0 Å². The van der Waals surface area contributed by atoms with Crippen LogP contribution in [0, 0.1) is 0 Å². The van der Waals surface area contributed by atoms with Crippen molar-refractivity contribution in [3.8, 4) is 28.3 Å². The van der Waals surface area contributed by atoms with Gasteiger partial charge in [0.05, 0.1) is 16.6 Å². The van der Waals surface area contributed by atoms with E-state index in [0.717, 1.165) is 52.2 Å². The standard InChI is InChI=1S/C32H28ClN3O3/c33-25-11-14-28(23-5-4-16-34-19-23)24(17-25)20-39-27-12-8-21(9-13-27)31-35-29-18-22(32(37)38)10-15-30(29)36(31)26-6-2-1-3-7-26/h4-5,8-19,26H,1-3,6-7,20H2,(H,37,38). The van der Waals surface area contributed by atoms with Gasteiger partial charge < -0.3 is 14.4 Å². The van der Waals surface area contributed by atoms with Gasteiger partial charge in [0.2, 0.25) is 0 Å². The molecule has 0 atom stereocenters. The van der Waals surface area contributed by atoms with Crippen molar-refractivity contribution in [1.82, 2.24) is 14.5 Å². The highest BCUT2D eigenvalue weighted by Gasteiger charge is 2.23. The highest BCUT2D eigenvalue weighted by molar-refractivity contribution is 6.30. The minimum atomic E-state index is -0.946. The van der Waals surface area contributed by atoms with Crippen molar-refractivity contribution >= 4 is 28.6 Å². The number of carbonyl (C=O) groups is 1. The number of aromatic carboxylic acids is 1. The van der Waals surface area contributed by atoms with Crippen LogP contribution in [0.4, 0.5) is 0 Å². The molecule has 2 aromatic heterocycles. The lowest BCUT2D eigenvalue weighted by Gasteiger charge is -2.25. The quantitative estimate of drug-likeness (QED) is 0.226. The molecule has 0 saturated heterocycles. The van der Waals surface area contributed by atoms with Gasteiger partial charge in [-0.1, -0.05) is 43.0 Å².